The van der Waals surface area contributed by atoms with Gasteiger partial charge in [0.1, 0.15) is 5.54 Å². The minimum Gasteiger partial charge on any atom is -0.480 e. The van der Waals surface area contributed by atoms with Crippen LogP contribution in [0.15, 0.2) is 0 Å². The molecule has 2 rings (SSSR count). The zero-order chi connectivity index (χ0) is 14.8. The number of carbonyl (C=O) groups is 1. The molecule has 20 heavy (non-hydrogen) atoms. The Morgan fingerprint density at radius 1 is 1.40 bits per heavy atom. The maximum absolute atomic E-state index is 11.9. The fraction of sp³-hybridized carbons (Fsp3) is 0.933. The standard InChI is InChI=1S/C15H29N3O2/c1-4-8-16-15(14(19)20,12-5-6-12)11-18-9-7-13(10-18)17(2)3/h12-13,16H,4-11H2,1-3H3,(H,19,20). The van der Waals surface area contributed by atoms with E-state index in [4.69, 9.17) is 0 Å². The maximum atomic E-state index is 11.9. The summed E-state index contributed by atoms with van der Waals surface area (Å²) in [6.07, 6.45) is 4.21. The lowest BCUT2D eigenvalue weighted by Gasteiger charge is -2.35. The Bertz CT molecular complexity index is 344. The van der Waals surface area contributed by atoms with Gasteiger partial charge in [0.15, 0.2) is 0 Å². The highest BCUT2D eigenvalue weighted by atomic mass is 16.4. The highest BCUT2D eigenvalue weighted by Crippen LogP contribution is 2.41. The summed E-state index contributed by atoms with van der Waals surface area (Å²) in [6.45, 7) is 5.52. The third-order valence-electron chi connectivity index (χ3n) is 4.80. The fourth-order valence-electron chi connectivity index (χ4n) is 3.30. The molecule has 1 heterocycles. The summed E-state index contributed by atoms with van der Waals surface area (Å²) >= 11 is 0. The first kappa shape index (κ1) is 15.7. The predicted octanol–water partition coefficient (Wildman–Crippen LogP) is 0.855. The van der Waals surface area contributed by atoms with Gasteiger partial charge in [-0.05, 0) is 58.8 Å². The van der Waals surface area contributed by atoms with Crippen LogP contribution in [0.5, 0.6) is 0 Å². The molecule has 0 spiro atoms. The van der Waals surface area contributed by atoms with Crippen molar-refractivity contribution in [3.05, 3.63) is 0 Å². The normalized spacial score (nSPS) is 26.9. The number of aliphatic carboxylic acids is 1. The summed E-state index contributed by atoms with van der Waals surface area (Å²) in [5.41, 5.74) is -0.725. The van der Waals surface area contributed by atoms with Crippen LogP contribution in [0, 0.1) is 5.92 Å². The smallest absolute Gasteiger partial charge is 0.325 e. The molecular formula is C15H29N3O2. The second-order valence-electron chi connectivity index (χ2n) is 6.62. The van der Waals surface area contributed by atoms with Crippen LogP contribution in [0.4, 0.5) is 0 Å². The van der Waals surface area contributed by atoms with Crippen molar-refractivity contribution in [2.45, 2.75) is 44.2 Å². The molecule has 0 bridgehead atoms. The molecule has 2 N–H and O–H groups in total. The van der Waals surface area contributed by atoms with Crippen molar-refractivity contribution in [1.82, 2.24) is 15.1 Å². The van der Waals surface area contributed by atoms with E-state index in [9.17, 15) is 9.90 Å². The van der Waals surface area contributed by atoms with E-state index in [0.29, 0.717) is 18.5 Å². The molecule has 116 valence electrons. The number of likely N-dealkylation sites (N-methyl/N-ethyl adjacent to an activating group) is 1. The largest absolute Gasteiger partial charge is 0.480 e. The van der Waals surface area contributed by atoms with E-state index in [2.05, 4.69) is 36.1 Å². The van der Waals surface area contributed by atoms with E-state index in [-0.39, 0.29) is 0 Å². The number of hydrogen-bond donors (Lipinski definition) is 2. The van der Waals surface area contributed by atoms with Gasteiger partial charge in [0.05, 0.1) is 0 Å². The van der Waals surface area contributed by atoms with Gasteiger partial charge in [-0.3, -0.25) is 9.69 Å². The maximum Gasteiger partial charge on any atom is 0.325 e. The minimum atomic E-state index is -0.725. The summed E-state index contributed by atoms with van der Waals surface area (Å²) in [5, 5.41) is 13.2. The number of nitrogens with one attached hydrogen (secondary N) is 1. The van der Waals surface area contributed by atoms with Gasteiger partial charge in [0.2, 0.25) is 0 Å². The quantitative estimate of drug-likeness (QED) is 0.692. The molecule has 0 aromatic heterocycles. The van der Waals surface area contributed by atoms with Crippen LogP contribution in [0.1, 0.15) is 32.6 Å². The number of rotatable bonds is 8. The second kappa shape index (κ2) is 6.41. The molecule has 0 radical (unpaired) electrons. The monoisotopic (exact) mass is 283 g/mol. The van der Waals surface area contributed by atoms with Gasteiger partial charge in [-0.25, -0.2) is 0 Å². The van der Waals surface area contributed by atoms with E-state index < -0.39 is 11.5 Å². The molecule has 1 aliphatic carbocycles. The Hall–Kier alpha value is -0.650. The molecule has 2 aliphatic rings. The first-order valence-electron chi connectivity index (χ1n) is 7.86. The Morgan fingerprint density at radius 3 is 2.55 bits per heavy atom. The third-order valence-corrected chi connectivity index (χ3v) is 4.80. The average molecular weight is 283 g/mol. The van der Waals surface area contributed by atoms with Crippen LogP contribution in [-0.2, 0) is 4.79 Å². The first-order valence-corrected chi connectivity index (χ1v) is 7.86. The Morgan fingerprint density at radius 2 is 2.10 bits per heavy atom. The van der Waals surface area contributed by atoms with Crippen molar-refractivity contribution in [2.24, 2.45) is 5.92 Å². The molecule has 5 nitrogen and oxygen atoms in total. The number of likely N-dealkylation sites (tertiary alicyclic amines) is 1. The molecule has 2 atom stereocenters. The van der Waals surface area contributed by atoms with E-state index >= 15 is 0 Å². The summed E-state index contributed by atoms with van der Waals surface area (Å²) in [7, 11) is 4.21. The molecule has 2 unspecified atom stereocenters. The van der Waals surface area contributed by atoms with Gasteiger partial charge < -0.3 is 15.3 Å². The van der Waals surface area contributed by atoms with E-state index in [0.717, 1.165) is 45.3 Å². The minimum absolute atomic E-state index is 0.310. The summed E-state index contributed by atoms with van der Waals surface area (Å²) in [4.78, 5) is 16.5. The van der Waals surface area contributed by atoms with Gasteiger partial charge in [0, 0.05) is 19.1 Å². The number of carboxylic acid groups (broad SMARTS) is 1. The Kier molecular flexibility index (Phi) is 5.04. The van der Waals surface area contributed by atoms with Crippen LogP contribution >= 0.6 is 0 Å². The SMILES string of the molecule is CCCNC(CN1CCC(N(C)C)C1)(C(=O)O)C1CC1. The summed E-state index contributed by atoms with van der Waals surface area (Å²) < 4.78 is 0. The van der Waals surface area contributed by atoms with Crippen LogP contribution in [-0.4, -0.2) is 72.7 Å². The zero-order valence-corrected chi connectivity index (χ0v) is 13.1. The van der Waals surface area contributed by atoms with Crippen molar-refractivity contribution >= 4 is 5.97 Å². The highest BCUT2D eigenvalue weighted by Gasteiger charge is 2.52. The number of nitrogens with zero attached hydrogens (tertiary/aromatic N) is 2. The second-order valence-corrected chi connectivity index (χ2v) is 6.62. The van der Waals surface area contributed by atoms with E-state index in [1.165, 1.54) is 0 Å². The van der Waals surface area contributed by atoms with Gasteiger partial charge in [-0.1, -0.05) is 6.92 Å². The molecule has 0 aromatic carbocycles. The van der Waals surface area contributed by atoms with Crippen LogP contribution in [0.3, 0.4) is 0 Å². The fourth-order valence-corrected chi connectivity index (χ4v) is 3.30. The van der Waals surface area contributed by atoms with Crippen LogP contribution in [0.25, 0.3) is 0 Å². The molecular weight excluding hydrogens is 254 g/mol. The molecule has 2 fully saturated rings. The lowest BCUT2D eigenvalue weighted by molar-refractivity contribution is -0.147. The van der Waals surface area contributed by atoms with Crippen molar-refractivity contribution < 1.29 is 9.90 Å². The van der Waals surface area contributed by atoms with Gasteiger partial charge in [-0.15, -0.1) is 0 Å². The van der Waals surface area contributed by atoms with E-state index in [1.807, 2.05) is 0 Å². The Balaban J connectivity index is 2.02. The third kappa shape index (κ3) is 3.32. The number of hydrogen-bond acceptors (Lipinski definition) is 4. The lowest BCUT2D eigenvalue weighted by atomic mass is 9.92. The lowest BCUT2D eigenvalue weighted by Crippen LogP contribution is -2.60. The topological polar surface area (TPSA) is 55.8 Å². The molecule has 1 aliphatic heterocycles. The highest BCUT2D eigenvalue weighted by molar-refractivity contribution is 5.80. The van der Waals surface area contributed by atoms with Crippen LogP contribution in [0.2, 0.25) is 0 Å². The zero-order valence-electron chi connectivity index (χ0n) is 13.1. The van der Waals surface area contributed by atoms with Crippen LogP contribution < -0.4 is 5.32 Å². The summed E-state index contributed by atoms with van der Waals surface area (Å²) in [6, 6.07) is 0.562. The molecule has 1 saturated heterocycles. The van der Waals surface area contributed by atoms with Gasteiger partial charge in [-0.2, -0.15) is 0 Å². The predicted molar refractivity (Wildman–Crippen MR) is 79.9 cm³/mol. The van der Waals surface area contributed by atoms with Crippen molar-refractivity contribution in [2.75, 3.05) is 40.3 Å². The van der Waals surface area contributed by atoms with Crippen molar-refractivity contribution in [3.8, 4) is 0 Å². The van der Waals surface area contributed by atoms with Crippen molar-refractivity contribution in [1.29, 1.82) is 0 Å². The van der Waals surface area contributed by atoms with Gasteiger partial charge in [0.25, 0.3) is 0 Å². The number of carboxylic acids is 1. The average Bonchev–Trinajstić information content (AvgIpc) is 3.14. The van der Waals surface area contributed by atoms with Crippen molar-refractivity contribution in [3.63, 3.8) is 0 Å². The molecule has 0 amide bonds. The first-order chi connectivity index (χ1) is 9.49. The van der Waals surface area contributed by atoms with E-state index in [1.54, 1.807) is 0 Å². The molecule has 1 saturated carbocycles. The Labute approximate surface area is 122 Å². The summed E-state index contributed by atoms with van der Waals surface area (Å²) in [5.74, 6) is -0.355. The van der Waals surface area contributed by atoms with Gasteiger partial charge >= 0.3 is 5.97 Å². The molecule has 5 heteroatoms. The molecule has 0 aromatic rings.